The second-order valence-electron chi connectivity index (χ2n) is 5.27. The molecular formula is C15H19N. The van der Waals surface area contributed by atoms with E-state index >= 15 is 0 Å². The molecule has 2 aromatic rings. The van der Waals surface area contributed by atoms with Crippen molar-refractivity contribution in [3.8, 4) is 0 Å². The summed E-state index contributed by atoms with van der Waals surface area (Å²) < 4.78 is 0. The number of rotatable bonds is 2. The Morgan fingerprint density at radius 1 is 1.00 bits per heavy atom. The Balaban J connectivity index is 2.55. The molecule has 0 fully saturated rings. The molecular weight excluding hydrogens is 194 g/mol. The Hall–Kier alpha value is -1.37. The van der Waals surface area contributed by atoms with E-state index in [-0.39, 0.29) is 5.41 Å². The lowest BCUT2D eigenvalue weighted by atomic mass is 9.78. The normalized spacial score (nSPS) is 12.3. The van der Waals surface area contributed by atoms with E-state index in [1.807, 2.05) is 6.07 Å². The summed E-state index contributed by atoms with van der Waals surface area (Å²) in [5, 5.41) is 1.21. The zero-order valence-electron chi connectivity index (χ0n) is 10.5. The predicted molar refractivity (Wildman–Crippen MR) is 69.6 cm³/mol. The molecule has 1 nitrogen and oxygen atoms in total. The molecule has 0 aliphatic carbocycles. The molecule has 0 saturated carbocycles. The highest BCUT2D eigenvalue weighted by Crippen LogP contribution is 2.30. The van der Waals surface area contributed by atoms with E-state index in [1.165, 1.54) is 11.1 Å². The molecule has 16 heavy (non-hydrogen) atoms. The molecule has 0 N–H and O–H groups in total. The van der Waals surface area contributed by atoms with Gasteiger partial charge in [0, 0.05) is 16.5 Å². The predicted octanol–water partition coefficient (Wildman–Crippen LogP) is 4.17. The van der Waals surface area contributed by atoms with Gasteiger partial charge in [-0.15, -0.1) is 0 Å². The molecule has 1 aromatic carbocycles. The number of nitrogens with zero attached hydrogens (tertiary/aromatic N) is 1. The Bertz CT molecular complexity index is 498. The van der Waals surface area contributed by atoms with Crippen molar-refractivity contribution in [2.75, 3.05) is 0 Å². The summed E-state index contributed by atoms with van der Waals surface area (Å²) in [6, 6.07) is 12.6. The largest absolute Gasteiger partial charge is 0.252 e. The molecule has 0 bridgehead atoms. The standard InChI is InChI=1S/C15H19N/c1-11(2)15(3,4)14-10-9-12-7-5-6-8-13(12)16-14/h5-11H,1-4H3. The molecule has 1 heteroatoms. The SMILES string of the molecule is CC(C)C(C)(C)c1ccc2ccccc2n1. The molecule has 0 radical (unpaired) electrons. The Morgan fingerprint density at radius 3 is 2.38 bits per heavy atom. The third kappa shape index (κ3) is 1.82. The molecule has 0 unspecified atom stereocenters. The minimum Gasteiger partial charge on any atom is -0.252 e. The molecule has 1 heterocycles. The number of para-hydroxylation sites is 1. The van der Waals surface area contributed by atoms with Crippen molar-refractivity contribution in [2.45, 2.75) is 33.1 Å². The summed E-state index contributed by atoms with van der Waals surface area (Å²) in [5.74, 6) is 0.584. The fourth-order valence-corrected chi connectivity index (χ4v) is 1.72. The number of hydrogen-bond donors (Lipinski definition) is 0. The van der Waals surface area contributed by atoms with E-state index < -0.39 is 0 Å². The first kappa shape index (κ1) is 11.1. The summed E-state index contributed by atoms with van der Waals surface area (Å²) in [5.41, 5.74) is 2.40. The van der Waals surface area contributed by atoms with Gasteiger partial charge in [0.1, 0.15) is 0 Å². The van der Waals surface area contributed by atoms with Crippen molar-refractivity contribution in [3.63, 3.8) is 0 Å². The van der Waals surface area contributed by atoms with Gasteiger partial charge in [0.2, 0.25) is 0 Å². The van der Waals surface area contributed by atoms with Crippen molar-refractivity contribution in [3.05, 3.63) is 42.1 Å². The van der Waals surface area contributed by atoms with Crippen LogP contribution in [0.15, 0.2) is 36.4 Å². The van der Waals surface area contributed by atoms with Crippen molar-refractivity contribution < 1.29 is 0 Å². The third-order valence-electron chi connectivity index (χ3n) is 3.70. The van der Waals surface area contributed by atoms with E-state index in [0.29, 0.717) is 5.92 Å². The lowest BCUT2D eigenvalue weighted by Gasteiger charge is -2.28. The van der Waals surface area contributed by atoms with E-state index in [2.05, 4.69) is 58.0 Å². The molecule has 0 spiro atoms. The molecule has 0 amide bonds. The maximum absolute atomic E-state index is 4.77. The average molecular weight is 213 g/mol. The Kier molecular flexibility index (Phi) is 2.71. The maximum Gasteiger partial charge on any atom is 0.0705 e. The van der Waals surface area contributed by atoms with Crippen molar-refractivity contribution in [1.82, 2.24) is 4.98 Å². The summed E-state index contributed by atoms with van der Waals surface area (Å²) in [4.78, 5) is 4.77. The summed E-state index contributed by atoms with van der Waals surface area (Å²) in [6.07, 6.45) is 0. The van der Waals surface area contributed by atoms with Crippen molar-refractivity contribution in [1.29, 1.82) is 0 Å². The van der Waals surface area contributed by atoms with E-state index in [9.17, 15) is 0 Å². The van der Waals surface area contributed by atoms with Crippen LogP contribution < -0.4 is 0 Å². The maximum atomic E-state index is 4.77. The second kappa shape index (κ2) is 3.89. The van der Waals surface area contributed by atoms with Crippen LogP contribution in [0.5, 0.6) is 0 Å². The van der Waals surface area contributed by atoms with Gasteiger partial charge in [-0.05, 0) is 18.1 Å². The van der Waals surface area contributed by atoms with Crippen molar-refractivity contribution >= 4 is 10.9 Å². The van der Waals surface area contributed by atoms with Crippen LogP contribution in [0.1, 0.15) is 33.4 Å². The Morgan fingerprint density at radius 2 is 1.69 bits per heavy atom. The molecule has 2 rings (SSSR count). The fourth-order valence-electron chi connectivity index (χ4n) is 1.72. The van der Waals surface area contributed by atoms with Crippen LogP contribution in [0, 0.1) is 5.92 Å². The number of fused-ring (bicyclic) bond motifs is 1. The lowest BCUT2D eigenvalue weighted by Crippen LogP contribution is -2.25. The van der Waals surface area contributed by atoms with Gasteiger partial charge in [-0.1, -0.05) is 52.0 Å². The average Bonchev–Trinajstić information content (AvgIpc) is 2.28. The first-order chi connectivity index (χ1) is 7.51. The number of benzene rings is 1. The van der Waals surface area contributed by atoms with E-state index in [1.54, 1.807) is 0 Å². The molecule has 1 aromatic heterocycles. The zero-order chi connectivity index (χ0) is 11.8. The number of aromatic nitrogens is 1. The summed E-state index contributed by atoms with van der Waals surface area (Å²) in [7, 11) is 0. The van der Waals surface area contributed by atoms with Gasteiger partial charge in [0.25, 0.3) is 0 Å². The molecule has 0 aliphatic heterocycles. The van der Waals surface area contributed by atoms with Crippen LogP contribution in [-0.4, -0.2) is 4.98 Å². The second-order valence-corrected chi connectivity index (χ2v) is 5.27. The topological polar surface area (TPSA) is 12.9 Å². The highest BCUT2D eigenvalue weighted by atomic mass is 14.7. The third-order valence-corrected chi connectivity index (χ3v) is 3.70. The summed E-state index contributed by atoms with van der Waals surface area (Å²) in [6.45, 7) is 9.01. The van der Waals surface area contributed by atoms with Crippen LogP contribution in [0.4, 0.5) is 0 Å². The van der Waals surface area contributed by atoms with Crippen LogP contribution in [0.2, 0.25) is 0 Å². The molecule has 0 aliphatic rings. The van der Waals surface area contributed by atoms with Crippen LogP contribution >= 0.6 is 0 Å². The molecule has 84 valence electrons. The van der Waals surface area contributed by atoms with Gasteiger partial charge in [-0.3, -0.25) is 4.98 Å². The Labute approximate surface area is 97.5 Å². The quantitative estimate of drug-likeness (QED) is 0.729. The van der Waals surface area contributed by atoms with Crippen LogP contribution in [0.3, 0.4) is 0 Å². The van der Waals surface area contributed by atoms with Gasteiger partial charge in [0.15, 0.2) is 0 Å². The monoisotopic (exact) mass is 213 g/mol. The number of pyridine rings is 1. The highest BCUT2D eigenvalue weighted by molar-refractivity contribution is 5.78. The van der Waals surface area contributed by atoms with Gasteiger partial charge < -0.3 is 0 Å². The van der Waals surface area contributed by atoms with Crippen molar-refractivity contribution in [2.24, 2.45) is 5.92 Å². The van der Waals surface area contributed by atoms with Gasteiger partial charge in [-0.25, -0.2) is 0 Å². The number of hydrogen-bond acceptors (Lipinski definition) is 1. The molecule has 0 saturated heterocycles. The fraction of sp³-hybridized carbons (Fsp3) is 0.400. The van der Waals surface area contributed by atoms with Gasteiger partial charge in [-0.2, -0.15) is 0 Å². The molecule has 0 atom stereocenters. The minimum atomic E-state index is 0.129. The van der Waals surface area contributed by atoms with Gasteiger partial charge >= 0.3 is 0 Å². The van der Waals surface area contributed by atoms with Crippen LogP contribution in [0.25, 0.3) is 10.9 Å². The minimum absolute atomic E-state index is 0.129. The van der Waals surface area contributed by atoms with Crippen LogP contribution in [-0.2, 0) is 5.41 Å². The smallest absolute Gasteiger partial charge is 0.0705 e. The summed E-state index contributed by atoms with van der Waals surface area (Å²) >= 11 is 0. The lowest BCUT2D eigenvalue weighted by molar-refractivity contribution is 0.363. The first-order valence-electron chi connectivity index (χ1n) is 5.88. The van der Waals surface area contributed by atoms with Gasteiger partial charge in [0.05, 0.1) is 5.52 Å². The highest BCUT2D eigenvalue weighted by Gasteiger charge is 2.26. The first-order valence-corrected chi connectivity index (χ1v) is 5.88. The van der Waals surface area contributed by atoms with E-state index in [0.717, 1.165) is 5.52 Å². The zero-order valence-corrected chi connectivity index (χ0v) is 10.5. The van der Waals surface area contributed by atoms with E-state index in [4.69, 9.17) is 4.98 Å².